The van der Waals surface area contributed by atoms with Crippen LogP contribution < -0.4 is 10.1 Å². The van der Waals surface area contributed by atoms with Crippen LogP contribution in [0.4, 0.5) is 10.2 Å². The van der Waals surface area contributed by atoms with Gasteiger partial charge in [0.15, 0.2) is 11.5 Å². The fourth-order valence-corrected chi connectivity index (χ4v) is 3.42. The third-order valence-electron chi connectivity index (χ3n) is 4.75. The van der Waals surface area contributed by atoms with E-state index in [4.69, 9.17) is 4.74 Å². The molecule has 1 aliphatic heterocycles. The molecule has 0 fully saturated rings. The number of rotatable bonds is 4. The molecule has 0 atom stereocenters. The fourth-order valence-electron chi connectivity index (χ4n) is 3.42. The van der Waals surface area contributed by atoms with E-state index in [-0.39, 0.29) is 12.4 Å². The number of hydrogen-bond donors (Lipinski definition) is 1. The molecule has 1 aromatic carbocycles. The topological polar surface area (TPSA) is 90.1 Å². The molecule has 0 unspecified atom stereocenters. The van der Waals surface area contributed by atoms with Crippen LogP contribution in [0.2, 0.25) is 0 Å². The molecule has 28 heavy (non-hydrogen) atoms. The Hall–Kier alpha value is -3.62. The van der Waals surface area contributed by atoms with E-state index in [1.807, 2.05) is 0 Å². The lowest BCUT2D eigenvalue weighted by Crippen LogP contribution is -2.14. The minimum absolute atomic E-state index is 0.257. The van der Waals surface area contributed by atoms with Gasteiger partial charge in [0.05, 0.1) is 18.5 Å². The Morgan fingerprint density at radius 1 is 1.11 bits per heavy atom. The van der Waals surface area contributed by atoms with E-state index in [9.17, 15) is 4.39 Å². The number of benzene rings is 1. The van der Waals surface area contributed by atoms with Crippen molar-refractivity contribution in [3.05, 3.63) is 60.3 Å². The highest BCUT2D eigenvalue weighted by Crippen LogP contribution is 2.30. The molecule has 4 heterocycles. The van der Waals surface area contributed by atoms with Crippen LogP contribution in [0.1, 0.15) is 17.5 Å². The van der Waals surface area contributed by atoms with Gasteiger partial charge in [-0.1, -0.05) is 0 Å². The maximum Gasteiger partial charge on any atom is 0.198 e. The second-order valence-electron chi connectivity index (χ2n) is 6.42. The Bertz CT molecular complexity index is 1150. The number of fused-ring (bicyclic) bond motifs is 2. The van der Waals surface area contributed by atoms with Crippen LogP contribution in [0.5, 0.6) is 5.75 Å². The van der Waals surface area contributed by atoms with Crippen molar-refractivity contribution >= 4 is 11.5 Å². The highest BCUT2D eigenvalue weighted by atomic mass is 19.1. The third kappa shape index (κ3) is 2.81. The summed E-state index contributed by atoms with van der Waals surface area (Å²) in [5.74, 6) is 1.02. The molecule has 1 N–H and O–H groups in total. The van der Waals surface area contributed by atoms with E-state index in [0.29, 0.717) is 23.6 Å². The van der Waals surface area contributed by atoms with Crippen LogP contribution in [-0.4, -0.2) is 36.2 Å². The molecule has 140 valence electrons. The average Bonchev–Trinajstić information content (AvgIpc) is 3.24. The van der Waals surface area contributed by atoms with E-state index in [1.165, 1.54) is 18.7 Å². The number of nitrogens with zero attached hydrogens (tertiary/aromatic N) is 6. The summed E-state index contributed by atoms with van der Waals surface area (Å²) in [6.45, 7) is 0.944. The summed E-state index contributed by atoms with van der Waals surface area (Å²) < 4.78 is 21.8. The average molecular weight is 377 g/mol. The monoisotopic (exact) mass is 377 g/mol. The van der Waals surface area contributed by atoms with Crippen LogP contribution in [0, 0.1) is 5.82 Å². The van der Waals surface area contributed by atoms with Crippen molar-refractivity contribution in [2.75, 3.05) is 11.9 Å². The first-order chi connectivity index (χ1) is 13.8. The maximum atomic E-state index is 14.5. The number of halogens is 1. The predicted molar refractivity (Wildman–Crippen MR) is 99.4 cm³/mol. The fraction of sp³-hybridized carbons (Fsp3) is 0.211. The van der Waals surface area contributed by atoms with Crippen LogP contribution in [-0.2, 0) is 13.0 Å². The summed E-state index contributed by atoms with van der Waals surface area (Å²) >= 11 is 0. The molecule has 3 aromatic heterocycles. The van der Waals surface area contributed by atoms with Crippen molar-refractivity contribution < 1.29 is 9.13 Å². The van der Waals surface area contributed by atoms with Crippen molar-refractivity contribution in [3.63, 3.8) is 0 Å². The van der Waals surface area contributed by atoms with Gasteiger partial charge in [-0.3, -0.25) is 0 Å². The lowest BCUT2D eigenvalue weighted by atomic mass is 9.99. The normalized spacial score (nSPS) is 13.2. The molecule has 0 saturated carbocycles. The van der Waals surface area contributed by atoms with Crippen molar-refractivity contribution in [3.8, 4) is 17.0 Å². The first-order valence-electron chi connectivity index (χ1n) is 8.92. The zero-order valence-electron chi connectivity index (χ0n) is 14.8. The van der Waals surface area contributed by atoms with Gasteiger partial charge in [-0.25, -0.2) is 28.8 Å². The van der Waals surface area contributed by atoms with Gasteiger partial charge in [0.1, 0.15) is 24.2 Å². The summed E-state index contributed by atoms with van der Waals surface area (Å²) in [6, 6.07) is 3.14. The van der Waals surface area contributed by atoms with Crippen LogP contribution >= 0.6 is 0 Å². The largest absolute Gasteiger partial charge is 0.493 e. The molecule has 5 rings (SSSR count). The van der Waals surface area contributed by atoms with E-state index < -0.39 is 0 Å². The molecule has 0 aliphatic carbocycles. The summed E-state index contributed by atoms with van der Waals surface area (Å²) in [6.07, 6.45) is 9.63. The molecule has 8 nitrogen and oxygen atoms in total. The van der Waals surface area contributed by atoms with Gasteiger partial charge >= 0.3 is 0 Å². The SMILES string of the molecule is Fc1ccc2c(c1CNc1ncc(-c3cncnc3)n3ncnc13)CCCO2. The van der Waals surface area contributed by atoms with Gasteiger partial charge in [0.25, 0.3) is 0 Å². The number of nitrogens with one attached hydrogen (secondary N) is 1. The molecule has 0 spiro atoms. The van der Waals surface area contributed by atoms with Crippen molar-refractivity contribution in [2.45, 2.75) is 19.4 Å². The van der Waals surface area contributed by atoms with Gasteiger partial charge in [-0.15, -0.1) is 0 Å². The Labute approximate surface area is 159 Å². The highest BCUT2D eigenvalue weighted by molar-refractivity contribution is 5.68. The van der Waals surface area contributed by atoms with Gasteiger partial charge in [-0.05, 0) is 25.0 Å². The van der Waals surface area contributed by atoms with E-state index in [0.717, 1.165) is 35.4 Å². The molecule has 0 saturated heterocycles. The minimum Gasteiger partial charge on any atom is -0.493 e. The van der Waals surface area contributed by atoms with E-state index >= 15 is 0 Å². The van der Waals surface area contributed by atoms with Crippen molar-refractivity contribution in [1.82, 2.24) is 29.5 Å². The quantitative estimate of drug-likeness (QED) is 0.585. The lowest BCUT2D eigenvalue weighted by molar-refractivity contribution is 0.286. The first-order valence-corrected chi connectivity index (χ1v) is 8.92. The summed E-state index contributed by atoms with van der Waals surface area (Å²) in [5.41, 5.74) is 3.54. The standard InChI is InChI=1S/C19H16FN7O/c20-15-3-4-17-13(2-1-5-28-17)14(15)8-23-18-19-25-11-26-27(19)16(9-24-18)12-6-21-10-22-7-12/h3-4,6-7,9-11H,1-2,5,8H2,(H,23,24). The molecule has 9 heteroatoms. The zero-order valence-corrected chi connectivity index (χ0v) is 14.8. The first kappa shape index (κ1) is 16.5. The van der Waals surface area contributed by atoms with Gasteiger partial charge in [0, 0.05) is 35.6 Å². The molecule has 0 radical (unpaired) electrons. The van der Waals surface area contributed by atoms with Crippen LogP contribution in [0.25, 0.3) is 16.9 Å². The highest BCUT2D eigenvalue weighted by Gasteiger charge is 2.19. The predicted octanol–water partition coefficient (Wildman–Crippen LogP) is 2.66. The maximum absolute atomic E-state index is 14.5. The second kappa shape index (κ2) is 6.84. The lowest BCUT2D eigenvalue weighted by Gasteiger charge is -2.21. The summed E-state index contributed by atoms with van der Waals surface area (Å²) in [4.78, 5) is 16.8. The smallest absolute Gasteiger partial charge is 0.198 e. The molecular formula is C19H16FN7O. The minimum atomic E-state index is -0.257. The molecule has 1 aliphatic rings. The second-order valence-corrected chi connectivity index (χ2v) is 6.42. The number of hydrogen-bond acceptors (Lipinski definition) is 7. The molecule has 0 amide bonds. The Morgan fingerprint density at radius 3 is 2.89 bits per heavy atom. The van der Waals surface area contributed by atoms with E-state index in [2.05, 4.69) is 30.4 Å². The van der Waals surface area contributed by atoms with Gasteiger partial charge in [-0.2, -0.15) is 5.10 Å². The Balaban J connectivity index is 1.49. The number of anilines is 1. The van der Waals surface area contributed by atoms with E-state index in [1.54, 1.807) is 29.2 Å². The Morgan fingerprint density at radius 2 is 2.00 bits per heavy atom. The number of ether oxygens (including phenoxy) is 1. The van der Waals surface area contributed by atoms with Gasteiger partial charge < -0.3 is 10.1 Å². The third-order valence-corrected chi connectivity index (χ3v) is 4.75. The van der Waals surface area contributed by atoms with Gasteiger partial charge in [0.2, 0.25) is 0 Å². The van der Waals surface area contributed by atoms with Crippen molar-refractivity contribution in [2.24, 2.45) is 0 Å². The van der Waals surface area contributed by atoms with Crippen LogP contribution in [0.3, 0.4) is 0 Å². The molecule has 4 aromatic rings. The van der Waals surface area contributed by atoms with Crippen molar-refractivity contribution in [1.29, 1.82) is 0 Å². The Kier molecular flexibility index (Phi) is 4.04. The summed E-state index contributed by atoms with van der Waals surface area (Å²) in [5, 5.41) is 7.47. The summed E-state index contributed by atoms with van der Waals surface area (Å²) in [7, 11) is 0. The number of aromatic nitrogens is 6. The molecule has 0 bridgehead atoms. The molecular weight excluding hydrogens is 361 g/mol. The zero-order chi connectivity index (χ0) is 18.9. The van der Waals surface area contributed by atoms with Crippen LogP contribution in [0.15, 0.2) is 43.4 Å².